The highest BCUT2D eigenvalue weighted by molar-refractivity contribution is 5.69. The van der Waals surface area contributed by atoms with Crippen LogP contribution in [0.5, 0.6) is 0 Å². The highest BCUT2D eigenvalue weighted by Gasteiger charge is 1.97. The normalized spacial score (nSPS) is 7.09. The van der Waals surface area contributed by atoms with Crippen LogP contribution in [0.4, 0.5) is 0 Å². The largest absolute Gasteiger partial charge is 0.466 e. The maximum Gasteiger partial charge on any atom is 0.306 e. The summed E-state index contributed by atoms with van der Waals surface area (Å²) in [7, 11) is 1.00. The molecular weight excluding hydrogens is 146 g/mol. The SMILES string of the molecule is CCOC(=O)CCC#N.CO. The fourth-order valence-electron chi connectivity index (χ4n) is 0.391. The molecule has 0 spiro atoms. The zero-order valence-electron chi connectivity index (χ0n) is 6.83. The summed E-state index contributed by atoms with van der Waals surface area (Å²) in [6, 6.07) is 1.86. The average Bonchev–Trinajstić information content (AvgIpc) is 2.05. The van der Waals surface area contributed by atoms with Gasteiger partial charge in [-0.25, -0.2) is 0 Å². The van der Waals surface area contributed by atoms with Crippen LogP contribution in [-0.2, 0) is 9.53 Å². The van der Waals surface area contributed by atoms with Crippen LogP contribution < -0.4 is 0 Å². The van der Waals surface area contributed by atoms with Crippen molar-refractivity contribution < 1.29 is 14.6 Å². The third kappa shape index (κ3) is 12.2. The van der Waals surface area contributed by atoms with E-state index in [0.29, 0.717) is 6.61 Å². The first-order chi connectivity index (χ1) is 5.31. The fraction of sp³-hybridized carbons (Fsp3) is 0.714. The number of aliphatic hydroxyl groups excluding tert-OH is 1. The summed E-state index contributed by atoms with van der Waals surface area (Å²) in [5.74, 6) is -0.293. The zero-order valence-corrected chi connectivity index (χ0v) is 6.83. The van der Waals surface area contributed by atoms with Gasteiger partial charge >= 0.3 is 5.97 Å². The molecule has 0 aromatic heterocycles. The van der Waals surface area contributed by atoms with Crippen molar-refractivity contribution in [3.8, 4) is 6.07 Å². The van der Waals surface area contributed by atoms with Gasteiger partial charge in [-0.2, -0.15) is 5.26 Å². The van der Waals surface area contributed by atoms with E-state index in [1.807, 2.05) is 6.07 Å². The lowest BCUT2D eigenvalue weighted by molar-refractivity contribution is -0.142. The first-order valence-electron chi connectivity index (χ1n) is 3.28. The fourth-order valence-corrected chi connectivity index (χ4v) is 0.391. The minimum atomic E-state index is -0.293. The number of esters is 1. The predicted octanol–water partition coefficient (Wildman–Crippen LogP) is 0.462. The molecule has 4 heteroatoms. The minimum absolute atomic E-state index is 0.213. The lowest BCUT2D eigenvalue weighted by atomic mass is 10.3. The van der Waals surface area contributed by atoms with Crippen LogP contribution >= 0.6 is 0 Å². The van der Waals surface area contributed by atoms with E-state index >= 15 is 0 Å². The van der Waals surface area contributed by atoms with Crippen molar-refractivity contribution in [1.29, 1.82) is 5.26 Å². The predicted molar refractivity (Wildman–Crippen MR) is 39.6 cm³/mol. The average molecular weight is 159 g/mol. The summed E-state index contributed by atoms with van der Waals surface area (Å²) < 4.78 is 4.55. The molecule has 11 heavy (non-hydrogen) atoms. The third-order valence-electron chi connectivity index (χ3n) is 0.746. The van der Waals surface area contributed by atoms with Crippen LogP contribution in [0.3, 0.4) is 0 Å². The van der Waals surface area contributed by atoms with E-state index in [4.69, 9.17) is 10.4 Å². The molecule has 0 saturated heterocycles. The van der Waals surface area contributed by atoms with Crippen molar-refractivity contribution in [3.05, 3.63) is 0 Å². The Labute approximate surface area is 66.4 Å². The van der Waals surface area contributed by atoms with Crippen molar-refractivity contribution >= 4 is 5.97 Å². The van der Waals surface area contributed by atoms with E-state index in [-0.39, 0.29) is 18.8 Å². The van der Waals surface area contributed by atoms with Crippen molar-refractivity contribution in [1.82, 2.24) is 0 Å². The number of carbonyl (C=O) groups excluding carboxylic acids is 1. The standard InChI is InChI=1S/C6H9NO2.CH4O/c1-2-9-6(8)4-3-5-7;1-2/h2-4H2,1H3;2H,1H3. The molecule has 0 fully saturated rings. The molecule has 0 radical (unpaired) electrons. The number of nitriles is 1. The van der Waals surface area contributed by atoms with E-state index < -0.39 is 0 Å². The highest BCUT2D eigenvalue weighted by atomic mass is 16.5. The van der Waals surface area contributed by atoms with E-state index in [0.717, 1.165) is 7.11 Å². The number of hydrogen-bond donors (Lipinski definition) is 1. The molecule has 1 N–H and O–H groups in total. The van der Waals surface area contributed by atoms with Gasteiger partial charge in [-0.3, -0.25) is 4.79 Å². The number of nitrogens with zero attached hydrogens (tertiary/aromatic N) is 1. The van der Waals surface area contributed by atoms with Gasteiger partial charge in [0.2, 0.25) is 0 Å². The van der Waals surface area contributed by atoms with Crippen LogP contribution in [0.2, 0.25) is 0 Å². The molecule has 0 heterocycles. The van der Waals surface area contributed by atoms with Gasteiger partial charge in [0, 0.05) is 13.5 Å². The molecule has 0 amide bonds. The van der Waals surface area contributed by atoms with Gasteiger partial charge < -0.3 is 9.84 Å². The molecule has 4 nitrogen and oxygen atoms in total. The molecule has 0 aliphatic heterocycles. The van der Waals surface area contributed by atoms with Crippen LogP contribution in [0.15, 0.2) is 0 Å². The Bertz CT molecular complexity index is 128. The maximum absolute atomic E-state index is 10.4. The molecule has 0 aromatic rings. The molecule has 0 bridgehead atoms. The van der Waals surface area contributed by atoms with Crippen molar-refractivity contribution in [3.63, 3.8) is 0 Å². The van der Waals surface area contributed by atoms with Crippen molar-refractivity contribution in [2.24, 2.45) is 0 Å². The van der Waals surface area contributed by atoms with Crippen LogP contribution in [0, 0.1) is 11.3 Å². The van der Waals surface area contributed by atoms with E-state index in [1.54, 1.807) is 6.92 Å². The summed E-state index contributed by atoms with van der Waals surface area (Å²) in [6.45, 7) is 2.13. The Hall–Kier alpha value is -1.08. The smallest absolute Gasteiger partial charge is 0.306 e. The molecular formula is C7H13NO3. The van der Waals surface area contributed by atoms with Gasteiger partial charge in [-0.15, -0.1) is 0 Å². The second-order valence-corrected chi connectivity index (χ2v) is 1.46. The Morgan fingerprint density at radius 3 is 2.55 bits per heavy atom. The number of carbonyl (C=O) groups is 1. The molecule has 0 aromatic carbocycles. The highest BCUT2D eigenvalue weighted by Crippen LogP contribution is 1.89. The molecule has 0 saturated carbocycles. The Morgan fingerprint density at radius 1 is 1.64 bits per heavy atom. The number of rotatable bonds is 3. The molecule has 0 rings (SSSR count). The van der Waals surface area contributed by atoms with E-state index in [2.05, 4.69) is 4.74 Å². The number of hydrogen-bond acceptors (Lipinski definition) is 4. The molecule has 0 unspecified atom stereocenters. The van der Waals surface area contributed by atoms with Crippen molar-refractivity contribution in [2.45, 2.75) is 19.8 Å². The summed E-state index contributed by atoms with van der Waals surface area (Å²) in [6.07, 6.45) is 0.461. The van der Waals surface area contributed by atoms with Crippen LogP contribution in [-0.4, -0.2) is 24.8 Å². The topological polar surface area (TPSA) is 70.3 Å². The molecule has 0 aliphatic rings. The first-order valence-corrected chi connectivity index (χ1v) is 3.28. The molecule has 64 valence electrons. The Balaban J connectivity index is 0. The molecule has 0 aliphatic carbocycles. The summed E-state index contributed by atoms with van der Waals surface area (Å²) in [5.41, 5.74) is 0. The van der Waals surface area contributed by atoms with E-state index in [9.17, 15) is 4.79 Å². The minimum Gasteiger partial charge on any atom is -0.466 e. The van der Waals surface area contributed by atoms with Gasteiger partial charge in [0.05, 0.1) is 19.1 Å². The lowest BCUT2D eigenvalue weighted by Crippen LogP contribution is -2.02. The zero-order chi connectivity index (χ0) is 9.11. The number of ether oxygens (including phenoxy) is 1. The quantitative estimate of drug-likeness (QED) is 0.607. The lowest BCUT2D eigenvalue weighted by Gasteiger charge is -1.95. The van der Waals surface area contributed by atoms with Gasteiger partial charge in [-0.1, -0.05) is 0 Å². The Morgan fingerprint density at radius 2 is 2.18 bits per heavy atom. The van der Waals surface area contributed by atoms with Crippen molar-refractivity contribution in [2.75, 3.05) is 13.7 Å². The summed E-state index contributed by atoms with van der Waals surface area (Å²) >= 11 is 0. The Kier molecular flexibility index (Phi) is 13.4. The third-order valence-corrected chi connectivity index (χ3v) is 0.746. The van der Waals surface area contributed by atoms with Crippen LogP contribution in [0.25, 0.3) is 0 Å². The number of aliphatic hydroxyl groups is 1. The van der Waals surface area contributed by atoms with Crippen LogP contribution in [0.1, 0.15) is 19.8 Å². The van der Waals surface area contributed by atoms with Gasteiger partial charge in [0.15, 0.2) is 0 Å². The van der Waals surface area contributed by atoms with Gasteiger partial charge in [-0.05, 0) is 6.92 Å². The monoisotopic (exact) mass is 159 g/mol. The summed E-state index contributed by atoms with van der Waals surface area (Å²) in [4.78, 5) is 10.4. The maximum atomic E-state index is 10.4. The summed E-state index contributed by atoms with van der Waals surface area (Å²) in [5, 5.41) is 15.0. The molecule has 0 atom stereocenters. The van der Waals surface area contributed by atoms with Gasteiger partial charge in [0.25, 0.3) is 0 Å². The van der Waals surface area contributed by atoms with Gasteiger partial charge in [0.1, 0.15) is 0 Å². The first kappa shape index (κ1) is 12.6. The second-order valence-electron chi connectivity index (χ2n) is 1.46. The second kappa shape index (κ2) is 11.7. The van der Waals surface area contributed by atoms with E-state index in [1.165, 1.54) is 0 Å².